The number of aliphatic hydroxyl groups is 1. The zero-order valence-electron chi connectivity index (χ0n) is 17.0. The van der Waals surface area contributed by atoms with Crippen molar-refractivity contribution in [2.24, 2.45) is 11.7 Å². The molecular weight excluding hydrogens is 312 g/mol. The maximum atomic E-state index is 10.2. The van der Waals surface area contributed by atoms with E-state index in [1.807, 2.05) is 0 Å². The van der Waals surface area contributed by atoms with Gasteiger partial charge in [-0.1, -0.05) is 65.2 Å². The quantitative estimate of drug-likeness (QED) is 0.216. The summed E-state index contributed by atoms with van der Waals surface area (Å²) in [5.41, 5.74) is 5.41. The normalized spacial score (nSPS) is 13.9. The Hall–Kier alpha value is -0.200. The molecule has 0 rings (SSSR count). The van der Waals surface area contributed by atoms with Crippen molar-refractivity contribution < 1.29 is 5.11 Å². The highest BCUT2D eigenvalue weighted by Crippen LogP contribution is 2.15. The zero-order valence-corrected chi connectivity index (χ0v) is 17.0. The first-order valence-electron chi connectivity index (χ1n) is 10.7. The van der Waals surface area contributed by atoms with Gasteiger partial charge in [-0.25, -0.2) is 0 Å². The van der Waals surface area contributed by atoms with E-state index in [0.717, 1.165) is 39.1 Å². The number of unbranched alkanes of at least 4 members (excludes halogenated alkanes) is 7. The van der Waals surface area contributed by atoms with Crippen LogP contribution in [0.2, 0.25) is 0 Å². The molecule has 152 valence electrons. The molecule has 5 nitrogen and oxygen atoms in total. The van der Waals surface area contributed by atoms with E-state index in [1.165, 1.54) is 51.4 Å². The lowest BCUT2D eigenvalue weighted by Gasteiger charge is -2.19. The second-order valence-electron chi connectivity index (χ2n) is 7.30. The summed E-state index contributed by atoms with van der Waals surface area (Å²) >= 11 is 0. The van der Waals surface area contributed by atoms with Crippen LogP contribution in [0.25, 0.3) is 0 Å². The van der Waals surface area contributed by atoms with Crippen molar-refractivity contribution in [3.8, 4) is 0 Å². The molecule has 2 unspecified atom stereocenters. The molecule has 0 aliphatic carbocycles. The Bertz CT molecular complexity index is 254. The molecule has 6 N–H and O–H groups in total. The molecule has 0 amide bonds. The van der Waals surface area contributed by atoms with Crippen LogP contribution in [0.4, 0.5) is 0 Å². The van der Waals surface area contributed by atoms with Gasteiger partial charge in [0, 0.05) is 45.8 Å². The van der Waals surface area contributed by atoms with Gasteiger partial charge in [0.1, 0.15) is 0 Å². The van der Waals surface area contributed by atoms with Crippen molar-refractivity contribution in [1.82, 2.24) is 16.0 Å². The molecular formula is C20H46N4O. The third-order valence-corrected chi connectivity index (χ3v) is 4.80. The second kappa shape index (κ2) is 20.1. The number of nitrogens with two attached hydrogens (primary N) is 1. The summed E-state index contributed by atoms with van der Waals surface area (Å²) in [6, 6.07) is 0. The van der Waals surface area contributed by atoms with Crippen LogP contribution in [0.15, 0.2) is 0 Å². The van der Waals surface area contributed by atoms with Gasteiger partial charge in [-0.2, -0.15) is 0 Å². The van der Waals surface area contributed by atoms with Crippen LogP contribution in [-0.4, -0.2) is 57.0 Å². The van der Waals surface area contributed by atoms with E-state index in [0.29, 0.717) is 19.0 Å². The fraction of sp³-hybridized carbons (Fsp3) is 1.00. The third kappa shape index (κ3) is 18.4. The van der Waals surface area contributed by atoms with Gasteiger partial charge in [0.25, 0.3) is 0 Å². The molecule has 2 atom stereocenters. The Kier molecular flexibility index (Phi) is 20.0. The Balaban J connectivity index is 3.32. The lowest BCUT2D eigenvalue weighted by Crippen LogP contribution is -2.37. The van der Waals surface area contributed by atoms with Gasteiger partial charge in [0.05, 0.1) is 6.10 Å². The van der Waals surface area contributed by atoms with E-state index in [4.69, 9.17) is 5.73 Å². The van der Waals surface area contributed by atoms with Crippen LogP contribution in [0.3, 0.4) is 0 Å². The van der Waals surface area contributed by atoms with E-state index in [9.17, 15) is 5.11 Å². The van der Waals surface area contributed by atoms with Crippen LogP contribution in [0.1, 0.15) is 71.6 Å². The first-order valence-corrected chi connectivity index (χ1v) is 10.7. The number of nitrogens with one attached hydrogen (secondary N) is 3. The van der Waals surface area contributed by atoms with Crippen molar-refractivity contribution in [3.05, 3.63) is 0 Å². The minimum atomic E-state index is -0.226. The monoisotopic (exact) mass is 358 g/mol. The van der Waals surface area contributed by atoms with E-state index in [-0.39, 0.29) is 6.10 Å². The molecule has 25 heavy (non-hydrogen) atoms. The standard InChI is InChI=1S/C20H46N4O/c1-3-4-5-6-7-8-9-10-11-19(2)20(25)18-24-17-16-23-15-14-22-13-12-21/h19-20,22-25H,3-18,21H2,1-2H3. The van der Waals surface area contributed by atoms with Crippen molar-refractivity contribution >= 4 is 0 Å². The average Bonchev–Trinajstić information content (AvgIpc) is 2.62. The predicted octanol–water partition coefficient (Wildman–Crippen LogP) is 2.24. The molecule has 0 saturated heterocycles. The summed E-state index contributed by atoms with van der Waals surface area (Å²) in [5.74, 6) is 0.390. The van der Waals surface area contributed by atoms with Gasteiger partial charge in [0.2, 0.25) is 0 Å². The summed E-state index contributed by atoms with van der Waals surface area (Å²) in [7, 11) is 0. The van der Waals surface area contributed by atoms with Crippen molar-refractivity contribution in [2.45, 2.75) is 77.7 Å². The molecule has 0 heterocycles. The minimum Gasteiger partial charge on any atom is -0.392 e. The van der Waals surface area contributed by atoms with Crippen molar-refractivity contribution in [2.75, 3.05) is 45.8 Å². The fourth-order valence-electron chi connectivity index (χ4n) is 2.95. The minimum absolute atomic E-state index is 0.226. The molecule has 0 aromatic carbocycles. The molecule has 0 fully saturated rings. The zero-order chi connectivity index (χ0) is 18.6. The molecule has 0 aliphatic heterocycles. The Morgan fingerprint density at radius 2 is 1.28 bits per heavy atom. The van der Waals surface area contributed by atoms with Gasteiger partial charge in [0.15, 0.2) is 0 Å². The SMILES string of the molecule is CCCCCCCCCCC(C)C(O)CNCCNCCNCCN. The van der Waals surface area contributed by atoms with E-state index in [2.05, 4.69) is 29.8 Å². The Morgan fingerprint density at radius 3 is 1.88 bits per heavy atom. The summed E-state index contributed by atoms with van der Waals surface area (Å²) in [6.45, 7) is 10.5. The largest absolute Gasteiger partial charge is 0.392 e. The Labute approximate surface area is 156 Å². The molecule has 0 aromatic rings. The number of hydrogen-bond acceptors (Lipinski definition) is 5. The molecule has 0 spiro atoms. The van der Waals surface area contributed by atoms with Gasteiger partial charge in [-0.05, 0) is 12.3 Å². The van der Waals surface area contributed by atoms with Crippen LogP contribution < -0.4 is 21.7 Å². The molecule has 0 saturated carbocycles. The Morgan fingerprint density at radius 1 is 0.760 bits per heavy atom. The van der Waals surface area contributed by atoms with Gasteiger partial charge in [-0.15, -0.1) is 0 Å². The van der Waals surface area contributed by atoms with Gasteiger partial charge in [-0.3, -0.25) is 0 Å². The topological polar surface area (TPSA) is 82.3 Å². The van der Waals surface area contributed by atoms with Crippen molar-refractivity contribution in [1.29, 1.82) is 0 Å². The fourth-order valence-corrected chi connectivity index (χ4v) is 2.95. The van der Waals surface area contributed by atoms with E-state index in [1.54, 1.807) is 0 Å². The number of hydrogen-bond donors (Lipinski definition) is 5. The van der Waals surface area contributed by atoms with Crippen LogP contribution >= 0.6 is 0 Å². The van der Waals surface area contributed by atoms with Gasteiger partial charge >= 0.3 is 0 Å². The molecule has 0 bridgehead atoms. The lowest BCUT2D eigenvalue weighted by atomic mass is 9.96. The summed E-state index contributed by atoms with van der Waals surface area (Å²) in [4.78, 5) is 0. The van der Waals surface area contributed by atoms with Crippen molar-refractivity contribution in [3.63, 3.8) is 0 Å². The first-order chi connectivity index (χ1) is 12.2. The average molecular weight is 359 g/mol. The van der Waals surface area contributed by atoms with Crippen LogP contribution in [0.5, 0.6) is 0 Å². The summed E-state index contributed by atoms with van der Waals surface area (Å²) in [5, 5.41) is 20.2. The maximum Gasteiger partial charge on any atom is 0.0690 e. The molecule has 0 aromatic heterocycles. The van der Waals surface area contributed by atoms with Crippen LogP contribution in [-0.2, 0) is 0 Å². The first kappa shape index (κ1) is 24.8. The highest BCUT2D eigenvalue weighted by Gasteiger charge is 2.13. The van der Waals surface area contributed by atoms with Gasteiger partial charge < -0.3 is 26.8 Å². The molecule has 5 heteroatoms. The third-order valence-electron chi connectivity index (χ3n) is 4.80. The predicted molar refractivity (Wildman–Crippen MR) is 110 cm³/mol. The highest BCUT2D eigenvalue weighted by atomic mass is 16.3. The van der Waals surface area contributed by atoms with Crippen LogP contribution in [0, 0.1) is 5.92 Å². The highest BCUT2D eigenvalue weighted by molar-refractivity contribution is 4.68. The number of aliphatic hydroxyl groups excluding tert-OH is 1. The summed E-state index contributed by atoms with van der Waals surface area (Å²) < 4.78 is 0. The van der Waals surface area contributed by atoms with E-state index < -0.39 is 0 Å². The lowest BCUT2D eigenvalue weighted by molar-refractivity contribution is 0.109. The second-order valence-corrected chi connectivity index (χ2v) is 7.30. The summed E-state index contributed by atoms with van der Waals surface area (Å²) in [6.07, 6.45) is 11.7. The van der Waals surface area contributed by atoms with E-state index >= 15 is 0 Å². The maximum absolute atomic E-state index is 10.2. The molecule has 0 aliphatic rings. The molecule has 0 radical (unpaired) electrons. The number of rotatable bonds is 20. The smallest absolute Gasteiger partial charge is 0.0690 e.